The summed E-state index contributed by atoms with van der Waals surface area (Å²) in [5, 5.41) is 7.21. The summed E-state index contributed by atoms with van der Waals surface area (Å²) in [5.41, 5.74) is 2.80. The first-order valence-corrected chi connectivity index (χ1v) is 14.7. The van der Waals surface area contributed by atoms with E-state index in [-0.39, 0.29) is 16.7 Å². The molecule has 0 heterocycles. The summed E-state index contributed by atoms with van der Waals surface area (Å²) in [7, 11) is -4.04. The van der Waals surface area contributed by atoms with Crippen molar-refractivity contribution in [3.05, 3.63) is 87.9 Å². The van der Waals surface area contributed by atoms with Crippen LogP contribution in [0.2, 0.25) is 10.0 Å². The Kier molecular flexibility index (Phi) is 11.1. The summed E-state index contributed by atoms with van der Waals surface area (Å²) in [6.45, 7) is 2.62. The van der Waals surface area contributed by atoms with Crippen molar-refractivity contribution in [1.82, 2.24) is 15.4 Å². The number of hydrogen-bond acceptors (Lipinski definition) is 6. The Morgan fingerprint density at radius 3 is 2.37 bits per heavy atom. The second kappa shape index (κ2) is 14.0. The molecule has 0 aromatic heterocycles. The van der Waals surface area contributed by atoms with Crippen molar-refractivity contribution in [2.45, 2.75) is 24.8 Å². The van der Waals surface area contributed by atoms with Gasteiger partial charge >= 0.3 is 0 Å². The van der Waals surface area contributed by atoms with Crippen LogP contribution in [0.5, 0.6) is 0 Å². The Morgan fingerprint density at radius 2 is 1.68 bits per heavy atom. The van der Waals surface area contributed by atoms with Gasteiger partial charge in [-0.2, -0.15) is 12.6 Å². The van der Waals surface area contributed by atoms with E-state index in [0.29, 0.717) is 53.0 Å². The molecule has 0 bridgehead atoms. The number of halogens is 2. The number of benzene rings is 3. The number of rotatable bonds is 12. The number of carbonyl (C=O) groups excluding carboxylic acids is 2. The minimum Gasteiger partial charge on any atom is -0.355 e. The second-order valence-corrected chi connectivity index (χ2v) is 11.5. The Labute approximate surface area is 238 Å². The van der Waals surface area contributed by atoms with Crippen LogP contribution >= 0.6 is 35.8 Å². The van der Waals surface area contributed by atoms with Crippen LogP contribution in [0.15, 0.2) is 71.6 Å². The standard InChI is InChI=1S/C27H29Cl2N3O4S2/c1-18(33)32-38(35,36)26-8-3-2-7-24(26)23-10-9-20(15-25(23)29)16-30-11-12-31-27(34)21(17-37)13-19-5-4-6-22(28)14-19/h2-10,14-15,21,30,37H,11-13,16-17H2,1H3,(H,31,34)(H,32,33)/t21-/m1/s1. The molecule has 38 heavy (non-hydrogen) atoms. The lowest BCUT2D eigenvalue weighted by Gasteiger charge is -2.15. The van der Waals surface area contributed by atoms with E-state index in [0.717, 1.165) is 18.1 Å². The molecule has 202 valence electrons. The average molecular weight is 595 g/mol. The molecule has 0 unspecified atom stereocenters. The van der Waals surface area contributed by atoms with Gasteiger partial charge in [-0.1, -0.05) is 65.7 Å². The molecule has 2 amide bonds. The molecule has 0 aliphatic rings. The van der Waals surface area contributed by atoms with Gasteiger partial charge < -0.3 is 10.6 Å². The Hall–Kier alpha value is -2.56. The largest absolute Gasteiger partial charge is 0.355 e. The maximum Gasteiger partial charge on any atom is 0.264 e. The maximum absolute atomic E-state index is 12.6. The highest BCUT2D eigenvalue weighted by atomic mass is 35.5. The number of sulfonamides is 1. The van der Waals surface area contributed by atoms with Crippen molar-refractivity contribution in [1.29, 1.82) is 0 Å². The molecule has 3 N–H and O–H groups in total. The molecule has 0 aliphatic heterocycles. The quantitative estimate of drug-likeness (QED) is 0.183. The van der Waals surface area contributed by atoms with Gasteiger partial charge in [-0.25, -0.2) is 13.1 Å². The summed E-state index contributed by atoms with van der Waals surface area (Å²) in [5.74, 6) is -0.584. The van der Waals surface area contributed by atoms with Crippen LogP contribution in [0.3, 0.4) is 0 Å². The van der Waals surface area contributed by atoms with E-state index in [1.165, 1.54) is 6.07 Å². The zero-order valence-electron chi connectivity index (χ0n) is 20.7. The fourth-order valence-electron chi connectivity index (χ4n) is 3.89. The average Bonchev–Trinajstić information content (AvgIpc) is 2.86. The van der Waals surface area contributed by atoms with Gasteiger partial charge in [-0.15, -0.1) is 0 Å². The summed E-state index contributed by atoms with van der Waals surface area (Å²) in [6.07, 6.45) is 0.559. The molecule has 3 rings (SSSR count). The van der Waals surface area contributed by atoms with Crippen LogP contribution in [0, 0.1) is 5.92 Å². The molecule has 0 radical (unpaired) electrons. The Morgan fingerprint density at radius 1 is 0.921 bits per heavy atom. The van der Waals surface area contributed by atoms with Gasteiger partial charge in [0.05, 0.1) is 10.8 Å². The normalized spacial score (nSPS) is 12.1. The zero-order chi connectivity index (χ0) is 27.7. The van der Waals surface area contributed by atoms with Crippen molar-refractivity contribution in [3.63, 3.8) is 0 Å². The topological polar surface area (TPSA) is 104 Å². The summed E-state index contributed by atoms with van der Waals surface area (Å²) < 4.78 is 27.2. The molecule has 0 fully saturated rings. The first-order valence-electron chi connectivity index (χ1n) is 11.9. The third-order valence-electron chi connectivity index (χ3n) is 5.67. The summed E-state index contributed by atoms with van der Waals surface area (Å²) in [4.78, 5) is 23.9. The molecule has 0 saturated carbocycles. The molecular formula is C27H29Cl2N3O4S2. The van der Waals surface area contributed by atoms with Gasteiger partial charge in [-0.05, 0) is 41.8 Å². The van der Waals surface area contributed by atoms with Crippen LogP contribution in [0.25, 0.3) is 11.1 Å². The zero-order valence-corrected chi connectivity index (χ0v) is 23.9. The highest BCUT2D eigenvalue weighted by Gasteiger charge is 2.21. The number of nitrogens with one attached hydrogen (secondary N) is 3. The summed E-state index contributed by atoms with van der Waals surface area (Å²) in [6, 6.07) is 19.1. The molecule has 0 saturated heterocycles. The second-order valence-electron chi connectivity index (χ2n) is 8.65. The minimum atomic E-state index is -4.04. The highest BCUT2D eigenvalue weighted by molar-refractivity contribution is 7.90. The molecular weight excluding hydrogens is 565 g/mol. The maximum atomic E-state index is 12.6. The van der Waals surface area contributed by atoms with E-state index < -0.39 is 15.9 Å². The lowest BCUT2D eigenvalue weighted by Crippen LogP contribution is -2.37. The van der Waals surface area contributed by atoms with Crippen LogP contribution in [0.4, 0.5) is 0 Å². The number of carbonyl (C=O) groups is 2. The SMILES string of the molecule is CC(=O)NS(=O)(=O)c1ccccc1-c1ccc(CNCCNC(=O)[C@@H](CS)Cc2cccc(Cl)c2)cc1Cl. The van der Waals surface area contributed by atoms with E-state index in [2.05, 4.69) is 23.3 Å². The molecule has 7 nitrogen and oxygen atoms in total. The van der Waals surface area contributed by atoms with Crippen LogP contribution in [-0.2, 0) is 32.6 Å². The third kappa shape index (κ3) is 8.47. The fraction of sp³-hybridized carbons (Fsp3) is 0.259. The molecule has 3 aromatic carbocycles. The van der Waals surface area contributed by atoms with Crippen molar-refractivity contribution in [3.8, 4) is 11.1 Å². The minimum absolute atomic E-state index is 0.0337. The van der Waals surface area contributed by atoms with Crippen LogP contribution < -0.4 is 15.4 Å². The smallest absolute Gasteiger partial charge is 0.264 e. The van der Waals surface area contributed by atoms with Crippen LogP contribution in [-0.4, -0.2) is 39.1 Å². The van der Waals surface area contributed by atoms with E-state index in [1.807, 2.05) is 29.0 Å². The lowest BCUT2D eigenvalue weighted by atomic mass is 10.0. The predicted octanol–water partition coefficient (Wildman–Crippen LogP) is 4.48. The molecule has 0 spiro atoms. The number of amides is 2. The van der Waals surface area contributed by atoms with Crippen molar-refractivity contribution in [2.75, 3.05) is 18.8 Å². The molecule has 11 heteroatoms. The molecule has 1 atom stereocenters. The predicted molar refractivity (Wildman–Crippen MR) is 155 cm³/mol. The third-order valence-corrected chi connectivity index (χ3v) is 8.15. The monoisotopic (exact) mass is 593 g/mol. The van der Waals surface area contributed by atoms with Gasteiger partial charge in [0, 0.05) is 53.5 Å². The van der Waals surface area contributed by atoms with E-state index >= 15 is 0 Å². The van der Waals surface area contributed by atoms with Crippen molar-refractivity contribution in [2.24, 2.45) is 5.92 Å². The first kappa shape index (κ1) is 30.0. The van der Waals surface area contributed by atoms with E-state index in [9.17, 15) is 18.0 Å². The first-order chi connectivity index (χ1) is 18.1. The van der Waals surface area contributed by atoms with Gasteiger partial charge in [0.1, 0.15) is 0 Å². The van der Waals surface area contributed by atoms with Gasteiger partial charge in [0.2, 0.25) is 11.8 Å². The van der Waals surface area contributed by atoms with E-state index in [1.54, 1.807) is 36.4 Å². The lowest BCUT2D eigenvalue weighted by molar-refractivity contribution is -0.124. The molecule has 0 aliphatic carbocycles. The van der Waals surface area contributed by atoms with Crippen LogP contribution in [0.1, 0.15) is 18.1 Å². The van der Waals surface area contributed by atoms with Gasteiger partial charge in [-0.3, -0.25) is 9.59 Å². The Bertz CT molecular complexity index is 1400. The number of thiol groups is 1. The Balaban J connectivity index is 1.55. The van der Waals surface area contributed by atoms with Crippen molar-refractivity contribution < 1.29 is 18.0 Å². The summed E-state index contributed by atoms with van der Waals surface area (Å²) >= 11 is 16.9. The van der Waals surface area contributed by atoms with Gasteiger partial charge in [0.25, 0.3) is 10.0 Å². The van der Waals surface area contributed by atoms with E-state index in [4.69, 9.17) is 23.2 Å². The number of hydrogen-bond donors (Lipinski definition) is 4. The highest BCUT2D eigenvalue weighted by Crippen LogP contribution is 2.33. The molecule has 3 aromatic rings. The van der Waals surface area contributed by atoms with Crippen molar-refractivity contribution >= 4 is 57.7 Å². The fourth-order valence-corrected chi connectivity index (χ4v) is 5.92. The van der Waals surface area contributed by atoms with Gasteiger partial charge in [0.15, 0.2) is 0 Å².